The Morgan fingerprint density at radius 3 is 2.24 bits per heavy atom. The van der Waals surface area contributed by atoms with Crippen LogP contribution in [0.4, 0.5) is 0 Å². The number of nitrogens with one attached hydrogen (secondary N) is 1. The maximum Gasteiger partial charge on any atom is 0.240 e. The maximum atomic E-state index is 12.0. The Morgan fingerprint density at radius 2 is 1.76 bits per heavy atom. The van der Waals surface area contributed by atoms with Crippen molar-refractivity contribution in [3.05, 3.63) is 29.8 Å². The molecule has 0 aliphatic rings. The fourth-order valence-electron chi connectivity index (χ4n) is 1.59. The van der Waals surface area contributed by atoms with E-state index in [0.29, 0.717) is 6.42 Å². The Labute approximate surface area is 108 Å². The van der Waals surface area contributed by atoms with Gasteiger partial charge in [-0.05, 0) is 39.3 Å². The van der Waals surface area contributed by atoms with Crippen molar-refractivity contribution in [1.29, 1.82) is 0 Å². The number of hydrogen-bond donors (Lipinski definition) is 1. The molecule has 0 aromatic heterocycles. The first-order valence-electron chi connectivity index (χ1n) is 5.54. The van der Waals surface area contributed by atoms with E-state index in [1.54, 1.807) is 24.3 Å². The van der Waals surface area contributed by atoms with E-state index in [1.807, 2.05) is 20.8 Å². The summed E-state index contributed by atoms with van der Waals surface area (Å²) in [5.41, 5.74) is 1.03. The molecule has 17 heavy (non-hydrogen) atoms. The molecule has 2 atom stereocenters. The second-order valence-electron chi connectivity index (χ2n) is 4.35. The van der Waals surface area contributed by atoms with Gasteiger partial charge in [0.15, 0.2) is 0 Å². The summed E-state index contributed by atoms with van der Waals surface area (Å²) < 4.78 is 26.6. The zero-order valence-corrected chi connectivity index (χ0v) is 11.8. The molecular weight excluding hydrogens is 258 g/mol. The summed E-state index contributed by atoms with van der Waals surface area (Å²) in [5.74, 6) is 0. The van der Waals surface area contributed by atoms with Crippen LogP contribution in [0.5, 0.6) is 0 Å². The zero-order chi connectivity index (χ0) is 13.1. The lowest BCUT2D eigenvalue weighted by Gasteiger charge is -2.15. The van der Waals surface area contributed by atoms with Crippen LogP contribution in [0.1, 0.15) is 25.8 Å². The van der Waals surface area contributed by atoms with E-state index in [2.05, 4.69) is 4.72 Å². The number of rotatable bonds is 5. The monoisotopic (exact) mass is 275 g/mol. The number of benzene rings is 1. The number of sulfonamides is 1. The minimum absolute atomic E-state index is 0.0503. The Bertz CT molecular complexity index is 454. The third-order valence-corrected chi connectivity index (χ3v) is 4.15. The first-order chi connectivity index (χ1) is 7.81. The number of hydrogen-bond acceptors (Lipinski definition) is 2. The molecule has 0 aliphatic carbocycles. The second-order valence-corrected chi connectivity index (χ2v) is 6.81. The lowest BCUT2D eigenvalue weighted by molar-refractivity contribution is 0.545. The molecule has 3 nitrogen and oxygen atoms in total. The van der Waals surface area contributed by atoms with Crippen molar-refractivity contribution in [2.75, 3.05) is 0 Å². The molecule has 96 valence electrons. The Hall–Kier alpha value is -0.580. The van der Waals surface area contributed by atoms with Crippen LogP contribution < -0.4 is 4.72 Å². The summed E-state index contributed by atoms with van der Waals surface area (Å²) in [6, 6.07) is 6.60. The van der Waals surface area contributed by atoms with Crippen molar-refractivity contribution in [3.63, 3.8) is 0 Å². The molecule has 1 N–H and O–H groups in total. The minimum atomic E-state index is -3.43. The predicted molar refractivity (Wildman–Crippen MR) is 70.9 cm³/mol. The van der Waals surface area contributed by atoms with Gasteiger partial charge in [-0.3, -0.25) is 0 Å². The molecule has 0 bridgehead atoms. The first kappa shape index (κ1) is 14.5. The van der Waals surface area contributed by atoms with Crippen LogP contribution in [0.15, 0.2) is 29.2 Å². The standard InChI is InChI=1S/C12H18ClNO2S/c1-9-4-6-12(7-5-9)17(15,16)14-11(3)8-10(2)13/h4-7,10-11,14H,8H2,1-3H3. The summed E-state index contributed by atoms with van der Waals surface area (Å²) in [6.45, 7) is 5.57. The fraction of sp³-hybridized carbons (Fsp3) is 0.500. The van der Waals surface area contributed by atoms with Gasteiger partial charge in [0, 0.05) is 11.4 Å². The number of aryl methyl sites for hydroxylation is 1. The van der Waals surface area contributed by atoms with Gasteiger partial charge in [0.25, 0.3) is 0 Å². The summed E-state index contributed by atoms with van der Waals surface area (Å²) in [5, 5.41) is -0.0503. The average Bonchev–Trinajstić information content (AvgIpc) is 2.15. The molecule has 0 saturated heterocycles. The van der Waals surface area contributed by atoms with E-state index in [9.17, 15) is 8.42 Å². The normalized spacial score (nSPS) is 15.5. The minimum Gasteiger partial charge on any atom is -0.208 e. The summed E-state index contributed by atoms with van der Waals surface area (Å²) >= 11 is 5.83. The van der Waals surface area contributed by atoms with E-state index >= 15 is 0 Å². The second kappa shape index (κ2) is 5.85. The highest BCUT2D eigenvalue weighted by molar-refractivity contribution is 7.89. The third-order valence-electron chi connectivity index (χ3n) is 2.37. The van der Waals surface area contributed by atoms with Crippen LogP contribution in [0, 0.1) is 6.92 Å². The van der Waals surface area contributed by atoms with Gasteiger partial charge < -0.3 is 0 Å². The van der Waals surface area contributed by atoms with Gasteiger partial charge in [0.1, 0.15) is 0 Å². The van der Waals surface area contributed by atoms with Gasteiger partial charge in [0.2, 0.25) is 10.0 Å². The Morgan fingerprint density at radius 1 is 1.24 bits per heavy atom. The molecule has 0 spiro atoms. The molecule has 1 rings (SSSR count). The van der Waals surface area contributed by atoms with Crippen LogP contribution in [0.3, 0.4) is 0 Å². The molecule has 0 amide bonds. The maximum absolute atomic E-state index is 12.0. The first-order valence-corrected chi connectivity index (χ1v) is 7.46. The van der Waals surface area contributed by atoms with Gasteiger partial charge in [-0.15, -0.1) is 11.6 Å². The van der Waals surface area contributed by atoms with E-state index in [4.69, 9.17) is 11.6 Å². The van der Waals surface area contributed by atoms with Crippen molar-refractivity contribution in [3.8, 4) is 0 Å². The average molecular weight is 276 g/mol. The highest BCUT2D eigenvalue weighted by Gasteiger charge is 2.17. The van der Waals surface area contributed by atoms with Gasteiger partial charge in [-0.2, -0.15) is 0 Å². The SMILES string of the molecule is Cc1ccc(S(=O)(=O)NC(C)CC(C)Cl)cc1. The van der Waals surface area contributed by atoms with Crippen LogP contribution in [-0.4, -0.2) is 19.8 Å². The third kappa shape index (κ3) is 4.66. The van der Waals surface area contributed by atoms with Crippen molar-refractivity contribution in [1.82, 2.24) is 4.72 Å². The molecule has 5 heteroatoms. The van der Waals surface area contributed by atoms with Crippen molar-refractivity contribution in [2.45, 2.75) is 43.5 Å². The summed E-state index contributed by atoms with van der Waals surface area (Å²) in [7, 11) is -3.43. The molecular formula is C12H18ClNO2S. The van der Waals surface area contributed by atoms with Gasteiger partial charge in [0.05, 0.1) is 4.90 Å². The smallest absolute Gasteiger partial charge is 0.208 e. The lowest BCUT2D eigenvalue weighted by Crippen LogP contribution is -2.33. The zero-order valence-electron chi connectivity index (χ0n) is 10.3. The molecule has 1 aromatic carbocycles. The van der Waals surface area contributed by atoms with Crippen LogP contribution >= 0.6 is 11.6 Å². The Balaban J connectivity index is 2.78. The van der Waals surface area contributed by atoms with Crippen LogP contribution in [0.2, 0.25) is 0 Å². The van der Waals surface area contributed by atoms with Crippen molar-refractivity contribution < 1.29 is 8.42 Å². The summed E-state index contributed by atoms with van der Waals surface area (Å²) in [6.07, 6.45) is 0.604. The molecule has 1 aromatic rings. The van der Waals surface area contributed by atoms with E-state index < -0.39 is 10.0 Å². The molecule has 0 heterocycles. The largest absolute Gasteiger partial charge is 0.240 e. The predicted octanol–water partition coefficient (Wildman–Crippen LogP) is 2.68. The van der Waals surface area contributed by atoms with E-state index in [0.717, 1.165) is 5.56 Å². The lowest BCUT2D eigenvalue weighted by atomic mass is 10.2. The molecule has 0 fully saturated rings. The van der Waals surface area contributed by atoms with E-state index in [1.165, 1.54) is 0 Å². The van der Waals surface area contributed by atoms with Crippen molar-refractivity contribution >= 4 is 21.6 Å². The molecule has 2 unspecified atom stereocenters. The molecule has 0 saturated carbocycles. The highest BCUT2D eigenvalue weighted by atomic mass is 35.5. The van der Waals surface area contributed by atoms with Gasteiger partial charge >= 0.3 is 0 Å². The van der Waals surface area contributed by atoms with Gasteiger partial charge in [-0.1, -0.05) is 17.7 Å². The number of alkyl halides is 1. The fourth-order valence-corrected chi connectivity index (χ4v) is 3.11. The van der Waals surface area contributed by atoms with E-state index in [-0.39, 0.29) is 16.3 Å². The number of halogens is 1. The van der Waals surface area contributed by atoms with Crippen molar-refractivity contribution in [2.24, 2.45) is 0 Å². The van der Waals surface area contributed by atoms with Gasteiger partial charge in [-0.25, -0.2) is 13.1 Å². The quantitative estimate of drug-likeness (QED) is 0.840. The highest BCUT2D eigenvalue weighted by Crippen LogP contribution is 2.12. The van der Waals surface area contributed by atoms with Crippen LogP contribution in [0.25, 0.3) is 0 Å². The van der Waals surface area contributed by atoms with Crippen LogP contribution in [-0.2, 0) is 10.0 Å². The topological polar surface area (TPSA) is 46.2 Å². The summed E-state index contributed by atoms with van der Waals surface area (Å²) in [4.78, 5) is 0.289. The Kier molecular flexibility index (Phi) is 4.98. The molecule has 0 aliphatic heterocycles. The molecule has 0 radical (unpaired) electrons.